The lowest BCUT2D eigenvalue weighted by Gasteiger charge is -2.33. The van der Waals surface area contributed by atoms with Crippen LogP contribution in [0, 0.1) is 0 Å². The number of hydrogen-bond acceptors (Lipinski definition) is 4. The number of amides is 2. The smallest absolute Gasteiger partial charge is 0.264 e. The van der Waals surface area contributed by atoms with Gasteiger partial charge < -0.3 is 10.2 Å². The van der Waals surface area contributed by atoms with E-state index in [0.717, 1.165) is 22.7 Å². The maximum atomic E-state index is 13.9. The van der Waals surface area contributed by atoms with Gasteiger partial charge in [0.25, 0.3) is 10.0 Å². The number of para-hydroxylation sites is 1. The number of halogens is 1. The molecule has 0 aliphatic heterocycles. The van der Waals surface area contributed by atoms with Crippen LogP contribution in [0.5, 0.6) is 0 Å². The molecule has 1 atom stereocenters. The summed E-state index contributed by atoms with van der Waals surface area (Å²) in [7, 11) is -4.11. The molecule has 39 heavy (non-hydrogen) atoms. The molecule has 3 rings (SSSR count). The molecular formula is C30H36ClN3O4S. The maximum absolute atomic E-state index is 13.9. The van der Waals surface area contributed by atoms with E-state index in [4.69, 9.17) is 11.6 Å². The van der Waals surface area contributed by atoms with Crippen molar-refractivity contribution >= 4 is 39.1 Å². The van der Waals surface area contributed by atoms with E-state index in [9.17, 15) is 18.0 Å². The Kier molecular flexibility index (Phi) is 11.4. The van der Waals surface area contributed by atoms with E-state index in [1.807, 2.05) is 44.2 Å². The third-order valence-electron chi connectivity index (χ3n) is 6.42. The van der Waals surface area contributed by atoms with Gasteiger partial charge >= 0.3 is 0 Å². The summed E-state index contributed by atoms with van der Waals surface area (Å²) >= 11 is 5.99. The molecule has 0 heterocycles. The molecule has 0 bridgehead atoms. The molecule has 0 fully saturated rings. The number of carbonyl (C=O) groups is 2. The topological polar surface area (TPSA) is 86.8 Å². The maximum Gasteiger partial charge on any atom is 0.264 e. The fraction of sp³-hybridized carbons (Fsp3) is 0.333. The number of unbranched alkanes of at least 4 members (excludes halogenated alkanes) is 1. The van der Waals surface area contributed by atoms with Gasteiger partial charge in [0.05, 0.1) is 10.6 Å². The van der Waals surface area contributed by atoms with Crippen molar-refractivity contribution in [2.45, 2.75) is 50.5 Å². The predicted octanol–water partition coefficient (Wildman–Crippen LogP) is 5.30. The van der Waals surface area contributed by atoms with Crippen LogP contribution in [0.25, 0.3) is 0 Å². The quantitative estimate of drug-likeness (QED) is 0.267. The first-order valence-corrected chi connectivity index (χ1v) is 15.0. The number of nitrogens with one attached hydrogen (secondary N) is 1. The number of carbonyl (C=O) groups excluding carboxylic acids is 2. The highest BCUT2D eigenvalue weighted by molar-refractivity contribution is 7.92. The normalized spacial score (nSPS) is 12.0. The van der Waals surface area contributed by atoms with Gasteiger partial charge in [0.1, 0.15) is 12.6 Å². The largest absolute Gasteiger partial charge is 0.354 e. The Morgan fingerprint density at radius 1 is 0.897 bits per heavy atom. The molecule has 1 N–H and O–H groups in total. The average molecular weight is 570 g/mol. The minimum atomic E-state index is -4.11. The molecule has 9 heteroatoms. The van der Waals surface area contributed by atoms with E-state index in [1.165, 1.54) is 29.2 Å². The molecule has 208 valence electrons. The van der Waals surface area contributed by atoms with E-state index < -0.39 is 28.5 Å². The number of rotatable bonds is 14. The van der Waals surface area contributed by atoms with Gasteiger partial charge in [-0.05, 0) is 61.2 Å². The Labute approximate surface area is 236 Å². The molecule has 3 aromatic rings. The summed E-state index contributed by atoms with van der Waals surface area (Å²) in [4.78, 5) is 28.6. The van der Waals surface area contributed by atoms with Crippen molar-refractivity contribution in [2.24, 2.45) is 0 Å². The van der Waals surface area contributed by atoms with Gasteiger partial charge in [-0.2, -0.15) is 0 Å². The zero-order valence-corrected chi connectivity index (χ0v) is 24.0. The van der Waals surface area contributed by atoms with Crippen LogP contribution in [-0.2, 0) is 26.0 Å². The average Bonchev–Trinajstić information content (AvgIpc) is 2.95. The third-order valence-corrected chi connectivity index (χ3v) is 8.46. The summed E-state index contributed by atoms with van der Waals surface area (Å²) < 4.78 is 28.6. The van der Waals surface area contributed by atoms with E-state index in [1.54, 1.807) is 30.3 Å². The first-order chi connectivity index (χ1) is 18.8. The van der Waals surface area contributed by atoms with Crippen LogP contribution >= 0.6 is 11.6 Å². The van der Waals surface area contributed by atoms with Crippen LogP contribution in [0.2, 0.25) is 5.02 Å². The van der Waals surface area contributed by atoms with Crippen molar-refractivity contribution in [1.29, 1.82) is 0 Å². The number of benzene rings is 3. The molecular weight excluding hydrogens is 534 g/mol. The SMILES string of the molecule is CCCCNC(=O)[C@@H](CC)N(CCc1ccccc1)C(=O)CN(c1ccccc1)S(=O)(=O)c1ccc(Cl)cc1. The summed E-state index contributed by atoms with van der Waals surface area (Å²) in [6, 6.07) is 23.3. The molecule has 2 amide bonds. The van der Waals surface area contributed by atoms with E-state index in [0.29, 0.717) is 30.1 Å². The molecule has 0 unspecified atom stereocenters. The van der Waals surface area contributed by atoms with Gasteiger partial charge in [-0.25, -0.2) is 8.42 Å². The minimum Gasteiger partial charge on any atom is -0.354 e. The second kappa shape index (κ2) is 14.7. The van der Waals surface area contributed by atoms with Gasteiger partial charge in [-0.1, -0.05) is 80.4 Å². The summed E-state index contributed by atoms with van der Waals surface area (Å²) in [6.07, 6.45) is 2.69. The Balaban J connectivity index is 1.95. The molecule has 7 nitrogen and oxygen atoms in total. The van der Waals surface area contributed by atoms with E-state index >= 15 is 0 Å². The Hall–Kier alpha value is -3.36. The monoisotopic (exact) mass is 569 g/mol. The lowest BCUT2D eigenvalue weighted by molar-refractivity contribution is -0.139. The fourth-order valence-corrected chi connectivity index (χ4v) is 5.80. The van der Waals surface area contributed by atoms with Gasteiger partial charge in [-0.15, -0.1) is 0 Å². The number of hydrogen-bond donors (Lipinski definition) is 1. The van der Waals surface area contributed by atoms with Crippen molar-refractivity contribution in [3.8, 4) is 0 Å². The molecule has 0 aromatic heterocycles. The van der Waals surface area contributed by atoms with Crippen molar-refractivity contribution in [2.75, 3.05) is 23.9 Å². The van der Waals surface area contributed by atoms with Gasteiger partial charge in [0.2, 0.25) is 11.8 Å². The molecule has 0 saturated heterocycles. The Morgan fingerprint density at radius 2 is 1.51 bits per heavy atom. The standard InChI is InChI=1S/C30H36ClN3O4S/c1-3-5-21-32-30(36)28(4-2)33(22-20-24-12-8-6-9-13-24)29(35)23-34(26-14-10-7-11-15-26)39(37,38)27-18-16-25(31)17-19-27/h6-19,28H,3-5,20-23H2,1-2H3,(H,32,36)/t28-/m1/s1. The zero-order valence-electron chi connectivity index (χ0n) is 22.4. The highest BCUT2D eigenvalue weighted by Crippen LogP contribution is 2.25. The summed E-state index contributed by atoms with van der Waals surface area (Å²) in [5.41, 5.74) is 1.37. The van der Waals surface area contributed by atoms with Gasteiger partial charge in [-0.3, -0.25) is 13.9 Å². The van der Waals surface area contributed by atoms with Gasteiger partial charge in [0, 0.05) is 18.1 Å². The van der Waals surface area contributed by atoms with Crippen molar-refractivity contribution in [3.05, 3.63) is 95.5 Å². The third kappa shape index (κ3) is 8.31. The fourth-order valence-electron chi connectivity index (χ4n) is 4.26. The summed E-state index contributed by atoms with van der Waals surface area (Å²) in [6.45, 7) is 4.23. The molecule has 0 spiro atoms. The van der Waals surface area contributed by atoms with Crippen LogP contribution in [-0.4, -0.2) is 50.8 Å². The number of nitrogens with zero attached hydrogens (tertiary/aromatic N) is 2. The zero-order chi connectivity index (χ0) is 28.3. The number of anilines is 1. The lowest BCUT2D eigenvalue weighted by Crippen LogP contribution is -2.53. The van der Waals surface area contributed by atoms with Crippen LogP contribution in [0.4, 0.5) is 5.69 Å². The number of sulfonamides is 1. The second-order valence-electron chi connectivity index (χ2n) is 9.19. The lowest BCUT2D eigenvalue weighted by atomic mass is 10.1. The predicted molar refractivity (Wildman–Crippen MR) is 156 cm³/mol. The van der Waals surface area contributed by atoms with Crippen LogP contribution in [0.15, 0.2) is 89.8 Å². The Bertz CT molecular complexity index is 1300. The van der Waals surface area contributed by atoms with Crippen LogP contribution < -0.4 is 9.62 Å². The highest BCUT2D eigenvalue weighted by atomic mass is 35.5. The summed E-state index contributed by atoms with van der Waals surface area (Å²) in [5.74, 6) is -0.691. The Morgan fingerprint density at radius 3 is 2.10 bits per heavy atom. The van der Waals surface area contributed by atoms with Crippen molar-refractivity contribution in [1.82, 2.24) is 10.2 Å². The second-order valence-corrected chi connectivity index (χ2v) is 11.5. The molecule has 3 aromatic carbocycles. The first kappa shape index (κ1) is 30.2. The van der Waals surface area contributed by atoms with Crippen LogP contribution in [0.3, 0.4) is 0 Å². The van der Waals surface area contributed by atoms with E-state index in [-0.39, 0.29) is 17.3 Å². The van der Waals surface area contributed by atoms with Crippen LogP contribution in [0.1, 0.15) is 38.7 Å². The van der Waals surface area contributed by atoms with Gasteiger partial charge in [0.15, 0.2) is 0 Å². The molecule has 0 radical (unpaired) electrons. The van der Waals surface area contributed by atoms with Crippen molar-refractivity contribution < 1.29 is 18.0 Å². The minimum absolute atomic E-state index is 0.0174. The summed E-state index contributed by atoms with van der Waals surface area (Å²) in [5, 5.41) is 3.34. The van der Waals surface area contributed by atoms with E-state index in [2.05, 4.69) is 5.32 Å². The highest BCUT2D eigenvalue weighted by Gasteiger charge is 2.33. The van der Waals surface area contributed by atoms with Crippen molar-refractivity contribution in [3.63, 3.8) is 0 Å². The molecule has 0 saturated carbocycles. The molecule has 0 aliphatic rings. The molecule has 0 aliphatic carbocycles. The first-order valence-electron chi connectivity index (χ1n) is 13.2.